The van der Waals surface area contributed by atoms with Gasteiger partial charge in [-0.05, 0) is 25.3 Å². The fourth-order valence-electron chi connectivity index (χ4n) is 2.45. The molecule has 1 saturated carbocycles. The minimum atomic E-state index is -3.47. The van der Waals surface area contributed by atoms with E-state index in [9.17, 15) is 8.42 Å². The van der Waals surface area contributed by atoms with Crippen LogP contribution in [0.3, 0.4) is 0 Å². The Morgan fingerprint density at radius 2 is 2.22 bits per heavy atom. The maximum absolute atomic E-state index is 12.2. The summed E-state index contributed by atoms with van der Waals surface area (Å²) in [6.45, 7) is 0.528. The number of hydrogen-bond acceptors (Lipinski definition) is 4. The quantitative estimate of drug-likeness (QED) is 0.820. The molecule has 2 rings (SSSR count). The van der Waals surface area contributed by atoms with Gasteiger partial charge in [-0.2, -0.15) is 5.10 Å². The zero-order chi connectivity index (χ0) is 13.2. The molecule has 7 heteroatoms. The highest BCUT2D eigenvalue weighted by Gasteiger charge is 2.29. The molecular weight excluding hydrogens is 252 g/mol. The Morgan fingerprint density at radius 3 is 2.83 bits per heavy atom. The van der Waals surface area contributed by atoms with E-state index in [1.165, 1.54) is 17.1 Å². The van der Waals surface area contributed by atoms with Crippen LogP contribution in [-0.4, -0.2) is 30.8 Å². The topological polar surface area (TPSA) is 90.0 Å². The highest BCUT2D eigenvalue weighted by molar-refractivity contribution is 7.89. The first-order chi connectivity index (χ1) is 8.53. The Bertz CT molecular complexity index is 497. The van der Waals surface area contributed by atoms with Gasteiger partial charge in [-0.1, -0.05) is 12.8 Å². The van der Waals surface area contributed by atoms with Gasteiger partial charge < -0.3 is 5.73 Å². The van der Waals surface area contributed by atoms with Crippen LogP contribution in [0.1, 0.15) is 25.7 Å². The van der Waals surface area contributed by atoms with Crippen LogP contribution in [0.15, 0.2) is 17.3 Å². The van der Waals surface area contributed by atoms with E-state index in [0.717, 1.165) is 25.7 Å². The molecule has 1 aliphatic rings. The Morgan fingerprint density at radius 1 is 1.50 bits per heavy atom. The van der Waals surface area contributed by atoms with Crippen molar-refractivity contribution in [2.24, 2.45) is 18.7 Å². The number of nitrogens with zero attached hydrogens (tertiary/aromatic N) is 2. The van der Waals surface area contributed by atoms with E-state index in [1.807, 2.05) is 0 Å². The molecule has 1 aliphatic carbocycles. The van der Waals surface area contributed by atoms with Gasteiger partial charge in [0.15, 0.2) is 0 Å². The van der Waals surface area contributed by atoms with Crippen molar-refractivity contribution in [3.8, 4) is 0 Å². The van der Waals surface area contributed by atoms with E-state index in [1.54, 1.807) is 7.05 Å². The van der Waals surface area contributed by atoms with E-state index in [0.29, 0.717) is 6.54 Å². The van der Waals surface area contributed by atoms with Gasteiger partial charge in [0.25, 0.3) is 0 Å². The molecule has 102 valence electrons. The maximum Gasteiger partial charge on any atom is 0.243 e. The lowest BCUT2D eigenvalue weighted by Crippen LogP contribution is -2.44. The summed E-state index contributed by atoms with van der Waals surface area (Å²) in [4.78, 5) is 0.214. The average Bonchev–Trinajstić information content (AvgIpc) is 2.77. The summed E-state index contributed by atoms with van der Waals surface area (Å²) in [7, 11) is -1.77. The third kappa shape index (κ3) is 2.90. The first kappa shape index (κ1) is 13.5. The summed E-state index contributed by atoms with van der Waals surface area (Å²) in [5.74, 6) is 0.241. The van der Waals surface area contributed by atoms with Crippen LogP contribution >= 0.6 is 0 Å². The van der Waals surface area contributed by atoms with Crippen molar-refractivity contribution >= 4 is 10.0 Å². The molecule has 1 fully saturated rings. The summed E-state index contributed by atoms with van der Waals surface area (Å²) in [5.41, 5.74) is 5.70. The first-order valence-corrected chi connectivity index (χ1v) is 7.72. The number of nitrogens with one attached hydrogen (secondary N) is 1. The molecule has 0 bridgehead atoms. The molecule has 0 amide bonds. The summed E-state index contributed by atoms with van der Waals surface area (Å²) < 4.78 is 28.6. The zero-order valence-electron chi connectivity index (χ0n) is 10.5. The van der Waals surface area contributed by atoms with Gasteiger partial charge >= 0.3 is 0 Å². The molecule has 6 nitrogen and oxygen atoms in total. The molecule has 18 heavy (non-hydrogen) atoms. The largest absolute Gasteiger partial charge is 0.330 e. The third-order valence-electron chi connectivity index (χ3n) is 3.51. The Labute approximate surface area is 108 Å². The molecule has 2 atom stereocenters. The second-order valence-electron chi connectivity index (χ2n) is 4.86. The highest BCUT2D eigenvalue weighted by Crippen LogP contribution is 2.25. The van der Waals surface area contributed by atoms with Gasteiger partial charge in [-0.15, -0.1) is 0 Å². The van der Waals surface area contributed by atoms with E-state index >= 15 is 0 Å². The highest BCUT2D eigenvalue weighted by atomic mass is 32.2. The number of rotatable bonds is 4. The van der Waals surface area contributed by atoms with Gasteiger partial charge in [0, 0.05) is 19.3 Å². The van der Waals surface area contributed by atoms with Crippen molar-refractivity contribution in [1.29, 1.82) is 0 Å². The lowest BCUT2D eigenvalue weighted by molar-refractivity contribution is 0.296. The second kappa shape index (κ2) is 5.38. The van der Waals surface area contributed by atoms with Crippen LogP contribution in [0.2, 0.25) is 0 Å². The molecule has 0 radical (unpaired) electrons. The smallest absolute Gasteiger partial charge is 0.243 e. The van der Waals surface area contributed by atoms with Gasteiger partial charge in [0.1, 0.15) is 4.90 Å². The summed E-state index contributed by atoms with van der Waals surface area (Å²) in [6.07, 6.45) is 6.91. The average molecular weight is 272 g/mol. The van der Waals surface area contributed by atoms with Gasteiger partial charge in [0.2, 0.25) is 10.0 Å². The second-order valence-corrected chi connectivity index (χ2v) is 6.57. The predicted octanol–water partition coefficient (Wildman–Crippen LogP) is 0.216. The molecule has 3 N–H and O–H groups in total. The van der Waals surface area contributed by atoms with Gasteiger partial charge in [0.05, 0.1) is 6.20 Å². The van der Waals surface area contributed by atoms with Crippen molar-refractivity contribution in [2.75, 3.05) is 6.54 Å². The number of aromatic nitrogens is 2. The van der Waals surface area contributed by atoms with Crippen LogP contribution in [0, 0.1) is 5.92 Å². The molecular formula is C11H20N4O2S. The SMILES string of the molecule is Cn1cc(S(=O)(=O)NC2CCCCC2CN)cn1. The number of hydrogen-bond donors (Lipinski definition) is 2. The normalized spacial score (nSPS) is 25.2. The molecule has 1 heterocycles. The number of aryl methyl sites for hydroxylation is 1. The number of sulfonamides is 1. The van der Waals surface area contributed by atoms with Crippen molar-refractivity contribution in [1.82, 2.24) is 14.5 Å². The molecule has 2 unspecified atom stereocenters. The summed E-state index contributed by atoms with van der Waals surface area (Å²) in [5, 5.41) is 3.89. The van der Waals surface area contributed by atoms with Crippen LogP contribution in [0.5, 0.6) is 0 Å². The van der Waals surface area contributed by atoms with Crippen LogP contribution in [0.25, 0.3) is 0 Å². The molecule has 1 aromatic rings. The van der Waals surface area contributed by atoms with Crippen LogP contribution in [-0.2, 0) is 17.1 Å². The van der Waals surface area contributed by atoms with E-state index < -0.39 is 10.0 Å². The van der Waals surface area contributed by atoms with Crippen molar-refractivity contribution in [3.05, 3.63) is 12.4 Å². The molecule has 0 saturated heterocycles. The monoisotopic (exact) mass is 272 g/mol. The molecule has 0 spiro atoms. The lowest BCUT2D eigenvalue weighted by Gasteiger charge is -2.30. The Hall–Kier alpha value is -0.920. The predicted molar refractivity (Wildman–Crippen MR) is 68.3 cm³/mol. The Kier molecular flexibility index (Phi) is 4.04. The number of nitrogens with two attached hydrogens (primary N) is 1. The Balaban J connectivity index is 2.12. The fourth-order valence-corrected chi connectivity index (χ4v) is 3.77. The van der Waals surface area contributed by atoms with Crippen molar-refractivity contribution in [3.63, 3.8) is 0 Å². The lowest BCUT2D eigenvalue weighted by atomic mass is 9.85. The van der Waals surface area contributed by atoms with Crippen molar-refractivity contribution in [2.45, 2.75) is 36.6 Å². The molecule has 1 aromatic heterocycles. The molecule has 0 aromatic carbocycles. The minimum Gasteiger partial charge on any atom is -0.330 e. The van der Waals surface area contributed by atoms with E-state index in [4.69, 9.17) is 5.73 Å². The zero-order valence-corrected chi connectivity index (χ0v) is 11.4. The maximum atomic E-state index is 12.2. The summed E-state index contributed by atoms with van der Waals surface area (Å²) >= 11 is 0. The van der Waals surface area contributed by atoms with Crippen molar-refractivity contribution < 1.29 is 8.42 Å². The first-order valence-electron chi connectivity index (χ1n) is 6.24. The summed E-state index contributed by atoms with van der Waals surface area (Å²) in [6, 6.07) is -0.0473. The minimum absolute atomic E-state index is 0.0473. The third-order valence-corrected chi connectivity index (χ3v) is 4.95. The standard InChI is InChI=1S/C11H20N4O2S/c1-15-8-10(7-13-15)18(16,17)14-11-5-3-2-4-9(11)6-12/h7-9,11,14H,2-6,12H2,1H3. The van der Waals surface area contributed by atoms with Gasteiger partial charge in [-0.3, -0.25) is 4.68 Å². The van der Waals surface area contributed by atoms with Crippen LogP contribution in [0.4, 0.5) is 0 Å². The fraction of sp³-hybridized carbons (Fsp3) is 0.727. The van der Waals surface area contributed by atoms with E-state index in [2.05, 4.69) is 9.82 Å². The van der Waals surface area contributed by atoms with Gasteiger partial charge in [-0.25, -0.2) is 13.1 Å². The van der Waals surface area contributed by atoms with Crippen LogP contribution < -0.4 is 10.5 Å². The molecule has 0 aliphatic heterocycles. The van der Waals surface area contributed by atoms with E-state index in [-0.39, 0.29) is 16.9 Å².